The molecule has 1 atom stereocenters. The molecule has 0 bridgehead atoms. The van der Waals surface area contributed by atoms with Crippen molar-refractivity contribution in [1.29, 1.82) is 5.26 Å². The lowest BCUT2D eigenvalue weighted by atomic mass is 9.85. The minimum Gasteiger partial charge on any atom is -0.422 e. The third kappa shape index (κ3) is 2.42. The smallest absolute Gasteiger partial charge is 0.229 e. The Hall–Kier alpha value is -3.59. The van der Waals surface area contributed by atoms with E-state index in [9.17, 15) is 5.26 Å². The SMILES string of the molecule is Cc1ccc(-n2nc(C)c3c2OC(N)=C(C#N)[C@@H]3c2cccnc2)cc1. The highest BCUT2D eigenvalue weighted by Crippen LogP contribution is 2.44. The zero-order valence-electron chi connectivity index (χ0n) is 14.5. The Labute approximate surface area is 151 Å². The lowest BCUT2D eigenvalue weighted by Gasteiger charge is -2.24. The first-order valence-electron chi connectivity index (χ1n) is 8.24. The second-order valence-electron chi connectivity index (χ2n) is 6.26. The molecule has 0 radical (unpaired) electrons. The predicted molar refractivity (Wildman–Crippen MR) is 96.6 cm³/mol. The summed E-state index contributed by atoms with van der Waals surface area (Å²) in [5.41, 5.74) is 11.0. The van der Waals surface area contributed by atoms with Crippen molar-refractivity contribution in [2.24, 2.45) is 5.73 Å². The first-order valence-corrected chi connectivity index (χ1v) is 8.24. The minimum absolute atomic E-state index is 0.0992. The van der Waals surface area contributed by atoms with Crippen LogP contribution >= 0.6 is 0 Å². The minimum atomic E-state index is -0.350. The van der Waals surface area contributed by atoms with Gasteiger partial charge in [-0.25, -0.2) is 4.68 Å². The van der Waals surface area contributed by atoms with Crippen molar-refractivity contribution >= 4 is 0 Å². The van der Waals surface area contributed by atoms with Gasteiger partial charge in [0.05, 0.1) is 22.9 Å². The Balaban J connectivity index is 1.95. The number of nitriles is 1. The molecule has 1 aromatic carbocycles. The Morgan fingerprint density at radius 2 is 1.96 bits per heavy atom. The molecule has 0 aliphatic carbocycles. The van der Waals surface area contributed by atoms with Crippen LogP contribution in [0.1, 0.15) is 28.3 Å². The highest BCUT2D eigenvalue weighted by atomic mass is 16.5. The fraction of sp³-hybridized carbons (Fsp3) is 0.150. The van der Waals surface area contributed by atoms with E-state index in [1.54, 1.807) is 17.1 Å². The summed E-state index contributed by atoms with van der Waals surface area (Å²) in [5.74, 6) is 0.287. The van der Waals surface area contributed by atoms with Crippen molar-refractivity contribution in [1.82, 2.24) is 14.8 Å². The van der Waals surface area contributed by atoms with Crippen LogP contribution in [0.2, 0.25) is 0 Å². The van der Waals surface area contributed by atoms with Crippen molar-refractivity contribution in [2.45, 2.75) is 19.8 Å². The number of ether oxygens (including phenoxy) is 1. The highest BCUT2D eigenvalue weighted by Gasteiger charge is 2.36. The van der Waals surface area contributed by atoms with E-state index in [-0.39, 0.29) is 11.8 Å². The predicted octanol–water partition coefficient (Wildman–Crippen LogP) is 3.10. The van der Waals surface area contributed by atoms with Crippen LogP contribution in [0.15, 0.2) is 60.2 Å². The summed E-state index contributed by atoms with van der Waals surface area (Å²) in [6, 6.07) is 13.9. The van der Waals surface area contributed by atoms with E-state index < -0.39 is 0 Å². The first-order chi connectivity index (χ1) is 12.6. The summed E-state index contributed by atoms with van der Waals surface area (Å²) in [4.78, 5) is 4.19. The maximum Gasteiger partial charge on any atom is 0.229 e. The number of aromatic nitrogens is 3. The van der Waals surface area contributed by atoms with Gasteiger partial charge in [0.1, 0.15) is 11.6 Å². The maximum atomic E-state index is 9.65. The van der Waals surface area contributed by atoms with Crippen molar-refractivity contribution in [3.63, 3.8) is 0 Å². The zero-order chi connectivity index (χ0) is 18.3. The average molecular weight is 343 g/mol. The van der Waals surface area contributed by atoms with E-state index in [0.717, 1.165) is 28.1 Å². The van der Waals surface area contributed by atoms with Crippen molar-refractivity contribution in [2.75, 3.05) is 0 Å². The number of benzene rings is 1. The molecule has 26 heavy (non-hydrogen) atoms. The van der Waals surface area contributed by atoms with Crippen LogP contribution in [-0.4, -0.2) is 14.8 Å². The Morgan fingerprint density at radius 3 is 2.62 bits per heavy atom. The zero-order valence-corrected chi connectivity index (χ0v) is 14.5. The number of aryl methyl sites for hydroxylation is 2. The number of rotatable bonds is 2. The van der Waals surface area contributed by atoms with Gasteiger partial charge in [-0.3, -0.25) is 4.98 Å². The van der Waals surface area contributed by atoms with Crippen molar-refractivity contribution in [3.05, 3.63) is 82.6 Å². The van der Waals surface area contributed by atoms with E-state index >= 15 is 0 Å². The summed E-state index contributed by atoms with van der Waals surface area (Å²) in [5, 5.41) is 14.3. The van der Waals surface area contributed by atoms with Gasteiger partial charge in [-0.1, -0.05) is 23.8 Å². The molecule has 4 rings (SSSR count). The van der Waals surface area contributed by atoms with Gasteiger partial charge < -0.3 is 10.5 Å². The average Bonchev–Trinajstić information content (AvgIpc) is 2.98. The van der Waals surface area contributed by atoms with E-state index in [4.69, 9.17) is 10.5 Å². The van der Waals surface area contributed by atoms with Crippen LogP contribution < -0.4 is 10.5 Å². The summed E-state index contributed by atoms with van der Waals surface area (Å²) in [6.45, 7) is 3.94. The molecule has 0 unspecified atom stereocenters. The first kappa shape index (κ1) is 15.9. The quantitative estimate of drug-likeness (QED) is 0.772. The van der Waals surface area contributed by atoms with E-state index in [2.05, 4.69) is 16.2 Å². The third-order valence-corrected chi connectivity index (χ3v) is 4.53. The molecule has 0 saturated heterocycles. The molecule has 0 fully saturated rings. The Morgan fingerprint density at radius 1 is 1.19 bits per heavy atom. The van der Waals surface area contributed by atoms with Gasteiger partial charge in [-0.15, -0.1) is 0 Å². The highest BCUT2D eigenvalue weighted by molar-refractivity contribution is 5.56. The van der Waals surface area contributed by atoms with Gasteiger partial charge in [-0.2, -0.15) is 10.4 Å². The lowest BCUT2D eigenvalue weighted by molar-refractivity contribution is 0.367. The molecular formula is C20H17N5O. The molecule has 1 aliphatic heterocycles. The fourth-order valence-electron chi connectivity index (χ4n) is 3.26. The van der Waals surface area contributed by atoms with Crippen LogP contribution in [0.3, 0.4) is 0 Å². The topological polar surface area (TPSA) is 89.8 Å². The normalized spacial score (nSPS) is 16.0. The van der Waals surface area contributed by atoms with Crippen LogP contribution in [0, 0.1) is 25.2 Å². The van der Waals surface area contributed by atoms with Gasteiger partial charge >= 0.3 is 0 Å². The fourth-order valence-corrected chi connectivity index (χ4v) is 3.26. The molecule has 128 valence electrons. The van der Waals surface area contributed by atoms with Crippen LogP contribution in [0.5, 0.6) is 5.88 Å². The summed E-state index contributed by atoms with van der Waals surface area (Å²) >= 11 is 0. The third-order valence-electron chi connectivity index (χ3n) is 4.53. The standard InChI is InChI=1S/C20H17N5O/c1-12-5-7-15(8-6-12)25-20-17(13(2)24-25)18(14-4-3-9-23-11-14)16(10-21)19(22)26-20/h3-9,11,18H,22H2,1-2H3/t18-/m0/s1. The molecule has 3 heterocycles. The number of fused-ring (bicyclic) bond motifs is 1. The molecule has 3 aromatic rings. The largest absolute Gasteiger partial charge is 0.422 e. The molecule has 0 saturated carbocycles. The number of hydrogen-bond donors (Lipinski definition) is 1. The second kappa shape index (κ2) is 6.05. The molecule has 2 aromatic heterocycles. The van der Waals surface area contributed by atoms with Gasteiger partial charge in [-0.05, 0) is 37.6 Å². The summed E-state index contributed by atoms with van der Waals surface area (Å²) in [6.07, 6.45) is 3.44. The molecular weight excluding hydrogens is 326 g/mol. The van der Waals surface area contributed by atoms with E-state index in [1.807, 2.05) is 50.2 Å². The van der Waals surface area contributed by atoms with Gasteiger partial charge in [0.25, 0.3) is 0 Å². The van der Waals surface area contributed by atoms with Crippen molar-refractivity contribution in [3.8, 4) is 17.6 Å². The van der Waals surface area contributed by atoms with Crippen LogP contribution in [0.4, 0.5) is 0 Å². The Kier molecular flexibility index (Phi) is 3.70. The molecule has 0 amide bonds. The summed E-state index contributed by atoms with van der Waals surface area (Å²) in [7, 11) is 0. The number of nitrogens with two attached hydrogens (primary N) is 1. The van der Waals surface area contributed by atoms with Gasteiger partial charge in [0, 0.05) is 12.4 Å². The van der Waals surface area contributed by atoms with Crippen LogP contribution in [0.25, 0.3) is 5.69 Å². The number of nitrogens with zero attached hydrogens (tertiary/aromatic N) is 4. The van der Waals surface area contributed by atoms with E-state index in [1.165, 1.54) is 0 Å². The van der Waals surface area contributed by atoms with E-state index in [0.29, 0.717) is 11.5 Å². The van der Waals surface area contributed by atoms with Crippen LogP contribution in [-0.2, 0) is 0 Å². The van der Waals surface area contributed by atoms with Gasteiger partial charge in [0.2, 0.25) is 11.8 Å². The monoisotopic (exact) mass is 343 g/mol. The molecule has 6 nitrogen and oxygen atoms in total. The Bertz CT molecular complexity index is 1040. The second-order valence-corrected chi connectivity index (χ2v) is 6.26. The lowest BCUT2D eigenvalue weighted by Crippen LogP contribution is -2.22. The molecule has 0 spiro atoms. The van der Waals surface area contributed by atoms with Crippen molar-refractivity contribution < 1.29 is 4.74 Å². The number of allylic oxidation sites excluding steroid dienone is 1. The summed E-state index contributed by atoms with van der Waals surface area (Å²) < 4.78 is 7.57. The number of pyridine rings is 1. The molecule has 2 N–H and O–H groups in total. The maximum absolute atomic E-state index is 9.65. The molecule has 1 aliphatic rings. The number of hydrogen-bond acceptors (Lipinski definition) is 5. The van der Waals surface area contributed by atoms with Gasteiger partial charge in [0.15, 0.2) is 0 Å². The molecule has 6 heteroatoms.